The highest BCUT2D eigenvalue weighted by atomic mass is 32.2. The Hall–Kier alpha value is 0.220. The molecule has 0 aromatic carbocycles. The summed E-state index contributed by atoms with van der Waals surface area (Å²) in [6.07, 6.45) is 2.27. The zero-order valence-corrected chi connectivity index (χ0v) is 13.0. The first-order valence-corrected chi connectivity index (χ1v) is 7.79. The van der Waals surface area contributed by atoms with Crippen molar-refractivity contribution in [2.45, 2.75) is 38.4 Å². The molecule has 0 amide bonds. The molecular weight excluding hydrogens is 276 g/mol. The summed E-state index contributed by atoms with van der Waals surface area (Å²) >= 11 is 8.17. The van der Waals surface area contributed by atoms with E-state index in [2.05, 4.69) is 6.92 Å². The van der Waals surface area contributed by atoms with E-state index in [1.807, 2.05) is 0 Å². The topological polar surface area (TPSA) is 46.5 Å². The number of thioether (sulfide) groups is 2. The number of carbonyl (C=O) groups excluding carboxylic acids is 1. The summed E-state index contributed by atoms with van der Waals surface area (Å²) in [5, 5.41) is 8.59. The Kier molecular flexibility index (Phi) is 9.31. The SMILES string of the molecule is CCCCSC(=S)SC(C)(C)C(=O)OCCO. The Morgan fingerprint density at radius 1 is 1.47 bits per heavy atom. The van der Waals surface area contributed by atoms with E-state index in [0.717, 1.165) is 22.1 Å². The summed E-state index contributed by atoms with van der Waals surface area (Å²) in [5.74, 6) is 0.652. The first-order chi connectivity index (χ1) is 7.94. The fourth-order valence-electron chi connectivity index (χ4n) is 0.891. The highest BCUT2D eigenvalue weighted by Gasteiger charge is 2.31. The van der Waals surface area contributed by atoms with Crippen LogP contribution in [0.25, 0.3) is 0 Å². The van der Waals surface area contributed by atoms with Gasteiger partial charge in [-0.3, -0.25) is 4.79 Å². The predicted octanol–water partition coefficient (Wildman–Crippen LogP) is 2.85. The van der Waals surface area contributed by atoms with Crippen LogP contribution in [0.3, 0.4) is 0 Å². The van der Waals surface area contributed by atoms with E-state index in [4.69, 9.17) is 22.1 Å². The van der Waals surface area contributed by atoms with E-state index in [9.17, 15) is 4.79 Å². The van der Waals surface area contributed by atoms with Crippen LogP contribution in [0, 0.1) is 0 Å². The molecule has 0 atom stereocenters. The summed E-state index contributed by atoms with van der Waals surface area (Å²) < 4.78 is 4.98. The van der Waals surface area contributed by atoms with Crippen molar-refractivity contribution in [2.75, 3.05) is 19.0 Å². The van der Waals surface area contributed by atoms with Crippen molar-refractivity contribution in [1.82, 2.24) is 0 Å². The number of esters is 1. The number of thiocarbonyl (C=S) groups is 1. The van der Waals surface area contributed by atoms with Gasteiger partial charge in [0.15, 0.2) is 0 Å². The number of hydrogen-bond acceptors (Lipinski definition) is 6. The lowest BCUT2D eigenvalue weighted by molar-refractivity contribution is -0.146. The first-order valence-electron chi connectivity index (χ1n) is 5.58. The molecule has 0 aliphatic carbocycles. The Bertz CT molecular complexity index is 254. The van der Waals surface area contributed by atoms with Crippen LogP contribution in [0.1, 0.15) is 33.6 Å². The second-order valence-corrected chi connectivity index (χ2v) is 7.85. The lowest BCUT2D eigenvalue weighted by Crippen LogP contribution is -2.31. The molecule has 0 aliphatic heterocycles. The molecule has 100 valence electrons. The molecule has 0 aliphatic rings. The Labute approximate surface area is 117 Å². The minimum atomic E-state index is -0.689. The zero-order valence-electron chi connectivity index (χ0n) is 10.5. The largest absolute Gasteiger partial charge is 0.462 e. The van der Waals surface area contributed by atoms with Gasteiger partial charge in [-0.15, -0.1) is 11.8 Å². The number of unbranched alkanes of at least 4 members (excludes halogenated alkanes) is 1. The molecule has 17 heavy (non-hydrogen) atoms. The lowest BCUT2D eigenvalue weighted by atomic mass is 10.2. The summed E-state index contributed by atoms with van der Waals surface area (Å²) in [5.41, 5.74) is 0. The summed E-state index contributed by atoms with van der Waals surface area (Å²) in [7, 11) is 0. The monoisotopic (exact) mass is 296 g/mol. The Morgan fingerprint density at radius 3 is 2.65 bits per heavy atom. The number of carbonyl (C=O) groups is 1. The standard InChI is InChI=1S/C11H20O3S3/c1-4-5-8-16-10(15)17-11(2,3)9(13)14-7-6-12/h12H,4-8H2,1-3H3. The number of rotatable bonds is 7. The summed E-state index contributed by atoms with van der Waals surface area (Å²) in [6, 6.07) is 0. The van der Waals surface area contributed by atoms with E-state index < -0.39 is 4.75 Å². The predicted molar refractivity (Wildman–Crippen MR) is 79.7 cm³/mol. The highest BCUT2D eigenvalue weighted by molar-refractivity contribution is 8.47. The van der Waals surface area contributed by atoms with E-state index in [1.165, 1.54) is 11.8 Å². The van der Waals surface area contributed by atoms with Crippen LogP contribution in [-0.4, -0.2) is 38.3 Å². The Balaban J connectivity index is 4.05. The zero-order chi connectivity index (χ0) is 13.3. The van der Waals surface area contributed by atoms with Crippen LogP contribution in [0.4, 0.5) is 0 Å². The molecule has 0 spiro atoms. The molecule has 0 saturated carbocycles. The first kappa shape index (κ1) is 17.2. The van der Waals surface area contributed by atoms with E-state index in [-0.39, 0.29) is 19.2 Å². The maximum atomic E-state index is 11.7. The number of aliphatic hydroxyl groups excluding tert-OH is 1. The lowest BCUT2D eigenvalue weighted by Gasteiger charge is -2.21. The third kappa shape index (κ3) is 8.02. The van der Waals surface area contributed by atoms with Crippen molar-refractivity contribution in [2.24, 2.45) is 0 Å². The van der Waals surface area contributed by atoms with Gasteiger partial charge in [0.2, 0.25) is 0 Å². The van der Waals surface area contributed by atoms with E-state index in [0.29, 0.717) is 0 Å². The maximum absolute atomic E-state index is 11.7. The van der Waals surface area contributed by atoms with Crippen molar-refractivity contribution in [3.63, 3.8) is 0 Å². The number of ether oxygens (including phenoxy) is 1. The molecule has 0 saturated heterocycles. The minimum absolute atomic E-state index is 0.0402. The quantitative estimate of drug-likeness (QED) is 0.443. The van der Waals surface area contributed by atoms with Crippen LogP contribution in [0.2, 0.25) is 0 Å². The van der Waals surface area contributed by atoms with Gasteiger partial charge < -0.3 is 9.84 Å². The van der Waals surface area contributed by atoms with Gasteiger partial charge in [-0.05, 0) is 26.0 Å². The van der Waals surface area contributed by atoms with Gasteiger partial charge in [0.1, 0.15) is 14.9 Å². The molecule has 1 N–H and O–H groups in total. The van der Waals surface area contributed by atoms with Crippen molar-refractivity contribution >= 4 is 45.2 Å². The maximum Gasteiger partial charge on any atom is 0.322 e. The normalized spacial score (nSPS) is 11.3. The molecule has 3 nitrogen and oxygen atoms in total. The van der Waals surface area contributed by atoms with Gasteiger partial charge in [0.25, 0.3) is 0 Å². The fraction of sp³-hybridized carbons (Fsp3) is 0.818. The van der Waals surface area contributed by atoms with Gasteiger partial charge in [-0.25, -0.2) is 0 Å². The van der Waals surface area contributed by atoms with Crippen LogP contribution < -0.4 is 0 Å². The van der Waals surface area contributed by atoms with E-state index >= 15 is 0 Å². The van der Waals surface area contributed by atoms with Gasteiger partial charge in [-0.2, -0.15) is 0 Å². The fourth-order valence-corrected chi connectivity index (χ4v) is 4.04. The molecule has 0 aromatic heterocycles. The minimum Gasteiger partial charge on any atom is -0.462 e. The van der Waals surface area contributed by atoms with Gasteiger partial charge in [-0.1, -0.05) is 37.3 Å². The molecule has 0 bridgehead atoms. The summed E-state index contributed by atoms with van der Waals surface area (Å²) in [6.45, 7) is 5.59. The Morgan fingerprint density at radius 2 is 2.12 bits per heavy atom. The average Bonchev–Trinajstić information content (AvgIpc) is 2.25. The average molecular weight is 296 g/mol. The highest BCUT2D eigenvalue weighted by Crippen LogP contribution is 2.32. The van der Waals surface area contributed by atoms with Crippen molar-refractivity contribution < 1.29 is 14.6 Å². The van der Waals surface area contributed by atoms with Crippen LogP contribution in [0.5, 0.6) is 0 Å². The van der Waals surface area contributed by atoms with Crippen LogP contribution in [-0.2, 0) is 9.53 Å². The third-order valence-corrected chi connectivity index (χ3v) is 4.65. The van der Waals surface area contributed by atoms with Crippen molar-refractivity contribution in [3.8, 4) is 0 Å². The molecular formula is C11H20O3S3. The summed E-state index contributed by atoms with van der Waals surface area (Å²) in [4.78, 5) is 11.7. The molecule has 0 aromatic rings. The molecule has 0 rings (SSSR count). The molecule has 0 heterocycles. The van der Waals surface area contributed by atoms with Gasteiger partial charge in [0.05, 0.1) is 6.61 Å². The van der Waals surface area contributed by atoms with E-state index in [1.54, 1.807) is 25.6 Å². The molecule has 0 unspecified atom stereocenters. The van der Waals surface area contributed by atoms with Crippen molar-refractivity contribution in [3.05, 3.63) is 0 Å². The molecule has 0 radical (unpaired) electrons. The molecule has 6 heteroatoms. The smallest absolute Gasteiger partial charge is 0.322 e. The number of aliphatic hydroxyl groups is 1. The second-order valence-electron chi connectivity index (χ2n) is 3.92. The molecule has 0 fully saturated rings. The number of hydrogen-bond donors (Lipinski definition) is 1. The van der Waals surface area contributed by atoms with Crippen molar-refractivity contribution in [1.29, 1.82) is 0 Å². The van der Waals surface area contributed by atoms with Gasteiger partial charge in [0, 0.05) is 0 Å². The third-order valence-electron chi connectivity index (χ3n) is 1.87. The van der Waals surface area contributed by atoms with Crippen LogP contribution in [0.15, 0.2) is 0 Å². The van der Waals surface area contributed by atoms with Gasteiger partial charge >= 0.3 is 5.97 Å². The second kappa shape index (κ2) is 9.19. The van der Waals surface area contributed by atoms with Crippen LogP contribution >= 0.6 is 35.7 Å².